The molecule has 0 bridgehead atoms. The smallest absolute Gasteiger partial charge is 0.237 e. The minimum atomic E-state index is -0.495. The average Bonchev–Trinajstić information content (AvgIpc) is 2.64. The van der Waals surface area contributed by atoms with Gasteiger partial charge in [-0.15, -0.1) is 0 Å². The predicted molar refractivity (Wildman–Crippen MR) is 89.6 cm³/mol. The van der Waals surface area contributed by atoms with E-state index in [0.717, 1.165) is 12.8 Å². The first-order chi connectivity index (χ1) is 11.6. The minimum Gasteiger partial charge on any atom is -0.496 e. The molecule has 0 aromatic heterocycles. The topological polar surface area (TPSA) is 92.0 Å². The van der Waals surface area contributed by atoms with Crippen LogP contribution in [0.4, 0.5) is 0 Å². The molecule has 1 unspecified atom stereocenters. The standard InChI is InChI=1S/C17H26N2O5/c1-21-13-9-14(22-2)11-15(10-13)24-8-5-19-17(20)16(18)12-3-6-23-7-4-12/h9-12,16H,3-8,18H2,1-2H3,(H,19,20). The number of rotatable bonds is 8. The fourth-order valence-electron chi connectivity index (χ4n) is 2.61. The van der Waals surface area contributed by atoms with E-state index in [9.17, 15) is 4.79 Å². The van der Waals surface area contributed by atoms with Gasteiger partial charge >= 0.3 is 0 Å². The summed E-state index contributed by atoms with van der Waals surface area (Å²) in [4.78, 5) is 12.1. The van der Waals surface area contributed by atoms with Crippen LogP contribution in [-0.4, -0.2) is 52.5 Å². The second-order valence-electron chi connectivity index (χ2n) is 5.66. The highest BCUT2D eigenvalue weighted by atomic mass is 16.5. The van der Waals surface area contributed by atoms with Gasteiger partial charge in [0, 0.05) is 31.4 Å². The highest BCUT2D eigenvalue weighted by Gasteiger charge is 2.26. The van der Waals surface area contributed by atoms with Crippen molar-refractivity contribution in [3.8, 4) is 17.2 Å². The monoisotopic (exact) mass is 338 g/mol. The second kappa shape index (κ2) is 9.34. The molecule has 2 rings (SSSR count). The van der Waals surface area contributed by atoms with Crippen LogP contribution < -0.4 is 25.3 Å². The van der Waals surface area contributed by atoms with Gasteiger partial charge in [-0.3, -0.25) is 4.79 Å². The lowest BCUT2D eigenvalue weighted by Crippen LogP contribution is -2.47. The molecular weight excluding hydrogens is 312 g/mol. The quantitative estimate of drug-likeness (QED) is 0.686. The van der Waals surface area contributed by atoms with E-state index in [2.05, 4.69) is 5.32 Å². The molecule has 0 spiro atoms. The molecule has 0 saturated carbocycles. The molecule has 1 amide bonds. The molecule has 134 valence electrons. The number of methoxy groups -OCH3 is 2. The summed E-state index contributed by atoms with van der Waals surface area (Å²) >= 11 is 0. The van der Waals surface area contributed by atoms with E-state index in [1.54, 1.807) is 32.4 Å². The molecule has 1 aromatic rings. The molecule has 1 aromatic carbocycles. The second-order valence-corrected chi connectivity index (χ2v) is 5.66. The number of nitrogens with two attached hydrogens (primary N) is 1. The Bertz CT molecular complexity index is 509. The van der Waals surface area contributed by atoms with Gasteiger partial charge in [-0.25, -0.2) is 0 Å². The van der Waals surface area contributed by atoms with Crippen LogP contribution in [0, 0.1) is 5.92 Å². The number of carbonyl (C=O) groups excluding carboxylic acids is 1. The van der Waals surface area contributed by atoms with Gasteiger partial charge in [0.2, 0.25) is 5.91 Å². The van der Waals surface area contributed by atoms with Gasteiger partial charge in [0.1, 0.15) is 23.9 Å². The Morgan fingerprint density at radius 2 is 1.79 bits per heavy atom. The number of hydrogen-bond acceptors (Lipinski definition) is 6. The van der Waals surface area contributed by atoms with Crippen LogP contribution >= 0.6 is 0 Å². The van der Waals surface area contributed by atoms with Crippen molar-refractivity contribution in [2.75, 3.05) is 40.6 Å². The Morgan fingerprint density at radius 1 is 1.21 bits per heavy atom. The Morgan fingerprint density at radius 3 is 2.38 bits per heavy atom. The van der Waals surface area contributed by atoms with Crippen LogP contribution in [0.3, 0.4) is 0 Å². The normalized spacial score (nSPS) is 16.3. The number of ether oxygens (including phenoxy) is 4. The molecule has 3 N–H and O–H groups in total. The molecule has 24 heavy (non-hydrogen) atoms. The number of amides is 1. The van der Waals surface area contributed by atoms with Crippen molar-refractivity contribution >= 4 is 5.91 Å². The lowest BCUT2D eigenvalue weighted by molar-refractivity contribution is -0.124. The Hall–Kier alpha value is -1.99. The maximum atomic E-state index is 12.1. The zero-order valence-corrected chi connectivity index (χ0v) is 14.2. The molecule has 0 aliphatic carbocycles. The van der Waals surface area contributed by atoms with Crippen molar-refractivity contribution in [3.05, 3.63) is 18.2 Å². The third-order valence-electron chi connectivity index (χ3n) is 4.07. The van der Waals surface area contributed by atoms with E-state index in [-0.39, 0.29) is 11.8 Å². The largest absolute Gasteiger partial charge is 0.496 e. The van der Waals surface area contributed by atoms with E-state index < -0.39 is 6.04 Å². The SMILES string of the molecule is COc1cc(OC)cc(OCCNC(=O)C(N)C2CCOCC2)c1. The summed E-state index contributed by atoms with van der Waals surface area (Å²) in [5.74, 6) is 1.95. The fraction of sp³-hybridized carbons (Fsp3) is 0.588. The van der Waals surface area contributed by atoms with Crippen LogP contribution in [0.25, 0.3) is 0 Å². The Kier molecular flexibility index (Phi) is 7.14. The highest BCUT2D eigenvalue weighted by Crippen LogP contribution is 2.27. The summed E-state index contributed by atoms with van der Waals surface area (Å²) in [5.41, 5.74) is 6.02. The van der Waals surface area contributed by atoms with Crippen LogP contribution in [0.1, 0.15) is 12.8 Å². The van der Waals surface area contributed by atoms with E-state index in [0.29, 0.717) is 43.6 Å². The van der Waals surface area contributed by atoms with E-state index in [4.69, 9.17) is 24.7 Å². The molecule has 7 heteroatoms. The molecule has 1 saturated heterocycles. The van der Waals surface area contributed by atoms with Crippen molar-refractivity contribution in [2.45, 2.75) is 18.9 Å². The lowest BCUT2D eigenvalue weighted by Gasteiger charge is -2.26. The maximum absolute atomic E-state index is 12.1. The number of carbonyl (C=O) groups is 1. The van der Waals surface area contributed by atoms with Crippen molar-refractivity contribution < 1.29 is 23.7 Å². The van der Waals surface area contributed by atoms with Crippen molar-refractivity contribution in [1.82, 2.24) is 5.32 Å². The van der Waals surface area contributed by atoms with E-state index in [1.807, 2.05) is 0 Å². The van der Waals surface area contributed by atoms with Crippen LogP contribution in [0.2, 0.25) is 0 Å². The van der Waals surface area contributed by atoms with Gasteiger partial charge in [-0.05, 0) is 18.8 Å². The average molecular weight is 338 g/mol. The first-order valence-electron chi connectivity index (χ1n) is 8.11. The zero-order chi connectivity index (χ0) is 17.4. The summed E-state index contributed by atoms with van der Waals surface area (Å²) in [6.45, 7) is 2.07. The maximum Gasteiger partial charge on any atom is 0.237 e. The molecule has 1 fully saturated rings. The molecule has 7 nitrogen and oxygen atoms in total. The molecule has 1 atom stereocenters. The van der Waals surface area contributed by atoms with Crippen molar-refractivity contribution in [1.29, 1.82) is 0 Å². The van der Waals surface area contributed by atoms with Gasteiger partial charge in [-0.2, -0.15) is 0 Å². The summed E-state index contributed by atoms with van der Waals surface area (Å²) in [7, 11) is 3.16. The Balaban J connectivity index is 1.75. The van der Waals surface area contributed by atoms with E-state index in [1.165, 1.54) is 0 Å². The van der Waals surface area contributed by atoms with Gasteiger partial charge in [0.15, 0.2) is 0 Å². The molecule has 1 aliphatic rings. The summed E-state index contributed by atoms with van der Waals surface area (Å²) < 4.78 is 21.3. The van der Waals surface area contributed by atoms with Gasteiger partial charge in [0.05, 0.1) is 26.8 Å². The van der Waals surface area contributed by atoms with Crippen molar-refractivity contribution in [2.24, 2.45) is 11.7 Å². The first kappa shape index (κ1) is 18.4. The predicted octanol–water partition coefficient (Wildman–Crippen LogP) is 0.953. The minimum absolute atomic E-state index is 0.145. The number of benzene rings is 1. The fourth-order valence-corrected chi connectivity index (χ4v) is 2.61. The third-order valence-corrected chi connectivity index (χ3v) is 4.07. The molecule has 1 aliphatic heterocycles. The van der Waals surface area contributed by atoms with Gasteiger partial charge < -0.3 is 30.0 Å². The number of hydrogen-bond donors (Lipinski definition) is 2. The van der Waals surface area contributed by atoms with Crippen molar-refractivity contribution in [3.63, 3.8) is 0 Å². The zero-order valence-electron chi connectivity index (χ0n) is 14.2. The highest BCUT2D eigenvalue weighted by molar-refractivity contribution is 5.81. The van der Waals surface area contributed by atoms with Crippen LogP contribution in [0.15, 0.2) is 18.2 Å². The molecule has 1 heterocycles. The number of nitrogens with one attached hydrogen (secondary N) is 1. The summed E-state index contributed by atoms with van der Waals surface area (Å²) in [6.07, 6.45) is 1.66. The lowest BCUT2D eigenvalue weighted by atomic mass is 9.92. The van der Waals surface area contributed by atoms with Gasteiger partial charge in [-0.1, -0.05) is 0 Å². The summed E-state index contributed by atoms with van der Waals surface area (Å²) in [5, 5.41) is 2.81. The third kappa shape index (κ3) is 5.28. The van der Waals surface area contributed by atoms with E-state index >= 15 is 0 Å². The Labute approximate surface area is 142 Å². The van der Waals surface area contributed by atoms with Crippen LogP contribution in [0.5, 0.6) is 17.2 Å². The van der Waals surface area contributed by atoms with Gasteiger partial charge in [0.25, 0.3) is 0 Å². The van der Waals surface area contributed by atoms with Crippen LogP contribution in [-0.2, 0) is 9.53 Å². The molecule has 0 radical (unpaired) electrons. The summed E-state index contributed by atoms with van der Waals surface area (Å²) in [6, 6.07) is 4.79. The molecular formula is C17H26N2O5. The first-order valence-corrected chi connectivity index (χ1v) is 8.11.